The van der Waals surface area contributed by atoms with Crippen LogP contribution >= 0.6 is 0 Å². The van der Waals surface area contributed by atoms with Crippen molar-refractivity contribution in [3.63, 3.8) is 0 Å². The Morgan fingerprint density at radius 2 is 1.34 bits per heavy atom. The van der Waals surface area contributed by atoms with Gasteiger partial charge in [0.15, 0.2) is 11.6 Å². The summed E-state index contributed by atoms with van der Waals surface area (Å²) in [5.41, 5.74) is 0. The minimum atomic E-state index is -0.0932. The Kier molecular flexibility index (Phi) is 7.69. The van der Waals surface area contributed by atoms with E-state index < -0.39 is 0 Å². The van der Waals surface area contributed by atoms with Gasteiger partial charge in [-0.3, -0.25) is 9.80 Å². The highest BCUT2D eigenvalue weighted by Crippen LogP contribution is 2.15. The van der Waals surface area contributed by atoms with Crippen LogP contribution in [-0.4, -0.2) is 74.4 Å². The third-order valence-electron chi connectivity index (χ3n) is 6.04. The van der Waals surface area contributed by atoms with Crippen LogP contribution in [0.2, 0.25) is 0 Å². The Morgan fingerprint density at radius 3 is 1.75 bits per heavy atom. The molecule has 4 heterocycles. The van der Waals surface area contributed by atoms with Gasteiger partial charge in [0.25, 0.3) is 0 Å². The smallest absolute Gasteiger partial charge is 0.315 e. The van der Waals surface area contributed by atoms with Crippen molar-refractivity contribution in [2.75, 3.05) is 26.2 Å². The number of carbonyl (C=O) groups is 1. The van der Waals surface area contributed by atoms with Gasteiger partial charge in [-0.05, 0) is 38.8 Å². The highest BCUT2D eigenvalue weighted by Gasteiger charge is 2.26. The lowest BCUT2D eigenvalue weighted by molar-refractivity contribution is 0.163. The highest BCUT2D eigenvalue weighted by molar-refractivity contribution is 5.74. The monoisotopic (exact) mass is 446 g/mol. The van der Waals surface area contributed by atoms with E-state index in [9.17, 15) is 4.79 Å². The fourth-order valence-corrected chi connectivity index (χ4v) is 4.44. The molecule has 2 unspecified atom stereocenters. The molecule has 4 rings (SSSR count). The van der Waals surface area contributed by atoms with E-state index in [1.165, 1.54) is 0 Å². The van der Waals surface area contributed by atoms with Gasteiger partial charge in [-0.1, -0.05) is 24.2 Å². The molecule has 11 heteroatoms. The van der Waals surface area contributed by atoms with Crippen molar-refractivity contribution >= 4 is 6.03 Å². The summed E-state index contributed by atoms with van der Waals surface area (Å²) in [5, 5.41) is 14.4. The van der Waals surface area contributed by atoms with Gasteiger partial charge < -0.3 is 19.7 Å². The van der Waals surface area contributed by atoms with E-state index in [0.29, 0.717) is 36.5 Å². The average molecular weight is 447 g/mol. The largest absolute Gasteiger partial charge is 0.339 e. The highest BCUT2D eigenvalue weighted by atomic mass is 16.5. The number of aryl methyl sites for hydroxylation is 2. The first kappa shape index (κ1) is 22.7. The summed E-state index contributed by atoms with van der Waals surface area (Å²) in [6.45, 7) is 8.82. The SMILES string of the molecule is CCc1nc(CN2CCCC(NC(=O)NC3CCCN(Cc4noc(CC)n4)C3)C2)no1. The molecule has 2 N–H and O–H groups in total. The molecule has 0 bridgehead atoms. The van der Waals surface area contributed by atoms with Crippen molar-refractivity contribution in [1.82, 2.24) is 40.7 Å². The van der Waals surface area contributed by atoms with Gasteiger partial charge in [-0.15, -0.1) is 0 Å². The maximum atomic E-state index is 12.7. The Hall–Kier alpha value is -2.53. The van der Waals surface area contributed by atoms with Crippen molar-refractivity contribution < 1.29 is 13.8 Å². The van der Waals surface area contributed by atoms with Gasteiger partial charge in [0.2, 0.25) is 11.8 Å². The molecule has 2 aliphatic rings. The zero-order chi connectivity index (χ0) is 22.3. The molecule has 2 amide bonds. The standard InChI is InChI=1S/C21H34N8O3/c1-3-19-24-17(26-31-19)13-28-9-5-7-15(11-28)22-21(30)23-16-8-6-10-29(12-16)14-18-25-20(4-2)32-27-18/h15-16H,3-14H2,1-2H3,(H2,22,23,30). The van der Waals surface area contributed by atoms with Gasteiger partial charge >= 0.3 is 6.03 Å². The zero-order valence-electron chi connectivity index (χ0n) is 19.0. The Morgan fingerprint density at radius 1 is 0.875 bits per heavy atom. The molecule has 32 heavy (non-hydrogen) atoms. The van der Waals surface area contributed by atoms with Crippen LogP contribution in [0.1, 0.15) is 63.0 Å². The molecule has 0 spiro atoms. The Bertz CT molecular complexity index is 801. The lowest BCUT2D eigenvalue weighted by Crippen LogP contribution is -2.54. The van der Waals surface area contributed by atoms with E-state index in [2.05, 4.69) is 40.7 Å². The predicted octanol–water partition coefficient (Wildman–Crippen LogP) is 1.51. The minimum absolute atomic E-state index is 0.0932. The second kappa shape index (κ2) is 10.9. The van der Waals surface area contributed by atoms with Crippen LogP contribution < -0.4 is 10.6 Å². The number of rotatable bonds is 8. The first-order valence-electron chi connectivity index (χ1n) is 11.8. The summed E-state index contributed by atoms with van der Waals surface area (Å²) in [6, 6.07) is 0.143. The summed E-state index contributed by atoms with van der Waals surface area (Å²) < 4.78 is 10.4. The van der Waals surface area contributed by atoms with Crippen LogP contribution in [0.3, 0.4) is 0 Å². The van der Waals surface area contributed by atoms with Crippen molar-refractivity contribution in [1.29, 1.82) is 0 Å². The molecule has 2 aliphatic heterocycles. The van der Waals surface area contributed by atoms with Gasteiger partial charge in [0.05, 0.1) is 13.1 Å². The lowest BCUT2D eigenvalue weighted by Gasteiger charge is -2.34. The minimum Gasteiger partial charge on any atom is -0.339 e. The van der Waals surface area contributed by atoms with E-state index in [-0.39, 0.29) is 18.1 Å². The van der Waals surface area contributed by atoms with Gasteiger partial charge in [-0.2, -0.15) is 9.97 Å². The molecular weight excluding hydrogens is 412 g/mol. The Balaban J connectivity index is 1.21. The average Bonchev–Trinajstić information content (AvgIpc) is 3.43. The number of piperidine rings is 2. The lowest BCUT2D eigenvalue weighted by atomic mass is 10.1. The molecule has 0 aliphatic carbocycles. The third kappa shape index (κ3) is 6.26. The molecule has 176 valence electrons. The van der Waals surface area contributed by atoms with Crippen LogP contribution in [0, 0.1) is 0 Å². The maximum absolute atomic E-state index is 12.7. The van der Waals surface area contributed by atoms with Gasteiger partial charge in [0, 0.05) is 38.0 Å². The van der Waals surface area contributed by atoms with Gasteiger partial charge in [0.1, 0.15) is 0 Å². The first-order valence-corrected chi connectivity index (χ1v) is 11.8. The molecule has 2 aromatic heterocycles. The maximum Gasteiger partial charge on any atom is 0.315 e. The number of nitrogens with zero attached hydrogens (tertiary/aromatic N) is 6. The normalized spacial score (nSPS) is 22.7. The molecule has 0 radical (unpaired) electrons. The van der Waals surface area contributed by atoms with Crippen LogP contribution in [0.5, 0.6) is 0 Å². The number of urea groups is 1. The van der Waals surface area contributed by atoms with Crippen molar-refractivity contribution in [2.45, 2.75) is 77.5 Å². The molecule has 2 saturated heterocycles. The van der Waals surface area contributed by atoms with Crippen molar-refractivity contribution in [3.8, 4) is 0 Å². The quantitative estimate of drug-likeness (QED) is 0.620. The molecular formula is C21H34N8O3. The van der Waals surface area contributed by atoms with Crippen molar-refractivity contribution in [2.24, 2.45) is 0 Å². The second-order valence-corrected chi connectivity index (χ2v) is 8.68. The number of nitrogens with one attached hydrogen (secondary N) is 2. The second-order valence-electron chi connectivity index (χ2n) is 8.68. The molecule has 2 aromatic rings. The number of likely N-dealkylation sites (tertiary alicyclic amines) is 2. The van der Waals surface area contributed by atoms with Crippen LogP contribution in [0.4, 0.5) is 4.79 Å². The fraction of sp³-hybridized carbons (Fsp3) is 0.762. The van der Waals surface area contributed by atoms with E-state index in [0.717, 1.165) is 64.7 Å². The third-order valence-corrected chi connectivity index (χ3v) is 6.04. The van der Waals surface area contributed by atoms with E-state index in [1.807, 2.05) is 13.8 Å². The molecule has 2 fully saturated rings. The number of hydrogen-bond acceptors (Lipinski definition) is 9. The molecule has 0 saturated carbocycles. The summed E-state index contributed by atoms with van der Waals surface area (Å²) in [7, 11) is 0. The van der Waals surface area contributed by atoms with Crippen LogP contribution in [0.25, 0.3) is 0 Å². The van der Waals surface area contributed by atoms with Crippen molar-refractivity contribution in [3.05, 3.63) is 23.4 Å². The summed E-state index contributed by atoms with van der Waals surface area (Å²) >= 11 is 0. The predicted molar refractivity (Wildman–Crippen MR) is 116 cm³/mol. The number of hydrogen-bond donors (Lipinski definition) is 2. The van der Waals surface area contributed by atoms with Crippen LogP contribution in [-0.2, 0) is 25.9 Å². The molecule has 2 atom stereocenters. The molecule has 11 nitrogen and oxygen atoms in total. The van der Waals surface area contributed by atoms with E-state index >= 15 is 0 Å². The number of aromatic nitrogens is 4. The number of carbonyl (C=O) groups excluding carboxylic acids is 1. The first-order chi connectivity index (χ1) is 15.6. The molecule has 0 aromatic carbocycles. The summed E-state index contributed by atoms with van der Waals surface area (Å²) in [6.07, 6.45) is 5.50. The van der Waals surface area contributed by atoms with E-state index in [1.54, 1.807) is 0 Å². The van der Waals surface area contributed by atoms with Gasteiger partial charge in [-0.25, -0.2) is 4.79 Å². The summed E-state index contributed by atoms with van der Waals surface area (Å²) in [4.78, 5) is 26.0. The topological polar surface area (TPSA) is 125 Å². The fourth-order valence-electron chi connectivity index (χ4n) is 4.44. The van der Waals surface area contributed by atoms with Crippen LogP contribution in [0.15, 0.2) is 9.05 Å². The zero-order valence-corrected chi connectivity index (χ0v) is 19.0. The number of amides is 2. The summed E-state index contributed by atoms with van der Waals surface area (Å²) in [5.74, 6) is 2.75. The Labute approximate surface area is 188 Å². The van der Waals surface area contributed by atoms with E-state index in [4.69, 9.17) is 9.05 Å².